The third-order valence-electron chi connectivity index (χ3n) is 5.34. The summed E-state index contributed by atoms with van der Waals surface area (Å²) in [5, 5.41) is 3.66. The van der Waals surface area contributed by atoms with Crippen molar-refractivity contribution in [3.05, 3.63) is 66.0 Å². The summed E-state index contributed by atoms with van der Waals surface area (Å²) in [5.74, 6) is 1.22. The molecule has 1 saturated carbocycles. The third-order valence-corrected chi connectivity index (χ3v) is 5.34. The van der Waals surface area contributed by atoms with Crippen LogP contribution in [0.4, 0.5) is 10.1 Å². The standard InChI is InChI=1S/C20H23FN2/c21-18-8-10-19(11-9-18)22-20-16-6-7-17(20)14-23(13-16)12-15-4-2-1-3-5-15/h1-5,8-11,16-17,20,22H,6-7,12-14H2/t16-,17+,20?. The second kappa shape index (κ2) is 6.32. The molecule has 4 rings (SSSR count). The zero-order chi connectivity index (χ0) is 15.6. The summed E-state index contributed by atoms with van der Waals surface area (Å²) in [5.41, 5.74) is 2.45. The lowest BCUT2D eigenvalue weighted by Crippen LogP contribution is -2.47. The lowest BCUT2D eigenvalue weighted by atomic mass is 9.91. The topological polar surface area (TPSA) is 15.3 Å². The highest BCUT2D eigenvalue weighted by Crippen LogP contribution is 2.39. The molecule has 1 unspecified atom stereocenters. The van der Waals surface area contributed by atoms with Crippen molar-refractivity contribution in [1.29, 1.82) is 0 Å². The molecule has 120 valence electrons. The molecule has 2 aromatic carbocycles. The van der Waals surface area contributed by atoms with Crippen molar-refractivity contribution < 1.29 is 4.39 Å². The number of nitrogens with one attached hydrogen (secondary N) is 1. The van der Waals surface area contributed by atoms with Gasteiger partial charge in [-0.05, 0) is 54.5 Å². The Bertz CT molecular complexity index is 626. The van der Waals surface area contributed by atoms with Crippen molar-refractivity contribution in [3.63, 3.8) is 0 Å². The molecule has 0 amide bonds. The molecule has 23 heavy (non-hydrogen) atoms. The first-order valence-electron chi connectivity index (χ1n) is 8.56. The second-order valence-electron chi connectivity index (χ2n) is 6.95. The van der Waals surface area contributed by atoms with E-state index in [4.69, 9.17) is 0 Å². The van der Waals surface area contributed by atoms with Gasteiger partial charge in [-0.1, -0.05) is 30.3 Å². The van der Waals surface area contributed by atoms with Gasteiger partial charge in [-0.15, -0.1) is 0 Å². The van der Waals surface area contributed by atoms with Gasteiger partial charge in [0.1, 0.15) is 5.82 Å². The number of anilines is 1. The molecule has 1 heterocycles. The maximum Gasteiger partial charge on any atom is 0.123 e. The summed E-state index contributed by atoms with van der Waals surface area (Å²) in [6.07, 6.45) is 2.60. The van der Waals surface area contributed by atoms with Crippen LogP contribution in [0.5, 0.6) is 0 Å². The molecule has 2 nitrogen and oxygen atoms in total. The summed E-state index contributed by atoms with van der Waals surface area (Å²) in [6, 6.07) is 18.0. The van der Waals surface area contributed by atoms with E-state index in [1.807, 2.05) is 12.1 Å². The van der Waals surface area contributed by atoms with Crippen LogP contribution in [0.1, 0.15) is 18.4 Å². The van der Waals surface area contributed by atoms with Crippen LogP contribution in [0.25, 0.3) is 0 Å². The average Bonchev–Trinajstić information content (AvgIpc) is 2.80. The number of nitrogens with zero attached hydrogens (tertiary/aromatic N) is 1. The Morgan fingerprint density at radius 3 is 2.22 bits per heavy atom. The van der Waals surface area contributed by atoms with Crippen LogP contribution >= 0.6 is 0 Å². The number of likely N-dealkylation sites (tertiary alicyclic amines) is 1. The van der Waals surface area contributed by atoms with Gasteiger partial charge < -0.3 is 5.32 Å². The minimum Gasteiger partial charge on any atom is -0.382 e. The molecule has 2 aliphatic rings. The van der Waals surface area contributed by atoms with Crippen molar-refractivity contribution in [2.75, 3.05) is 18.4 Å². The first kappa shape index (κ1) is 14.7. The van der Waals surface area contributed by atoms with Crippen LogP contribution in [-0.4, -0.2) is 24.0 Å². The zero-order valence-electron chi connectivity index (χ0n) is 13.3. The molecule has 3 atom stereocenters. The number of rotatable bonds is 4. The molecule has 1 N–H and O–H groups in total. The minimum atomic E-state index is -0.170. The first-order valence-corrected chi connectivity index (χ1v) is 8.56. The molecule has 2 bridgehead atoms. The molecule has 0 spiro atoms. The summed E-state index contributed by atoms with van der Waals surface area (Å²) in [7, 11) is 0. The lowest BCUT2D eigenvalue weighted by Gasteiger charge is -2.39. The third kappa shape index (κ3) is 3.25. The predicted octanol–water partition coefficient (Wildman–Crippen LogP) is 4.15. The molecule has 1 saturated heterocycles. The van der Waals surface area contributed by atoms with E-state index in [1.54, 1.807) is 0 Å². The molecular weight excluding hydrogens is 287 g/mol. The van der Waals surface area contributed by atoms with Crippen LogP contribution in [0.15, 0.2) is 54.6 Å². The van der Waals surface area contributed by atoms with Crippen LogP contribution in [0.3, 0.4) is 0 Å². The zero-order valence-corrected chi connectivity index (χ0v) is 13.3. The van der Waals surface area contributed by atoms with Gasteiger partial charge in [-0.25, -0.2) is 4.39 Å². The van der Waals surface area contributed by atoms with E-state index in [2.05, 4.69) is 40.5 Å². The summed E-state index contributed by atoms with van der Waals surface area (Å²) >= 11 is 0. The lowest BCUT2D eigenvalue weighted by molar-refractivity contribution is 0.148. The van der Waals surface area contributed by atoms with Crippen LogP contribution < -0.4 is 5.32 Å². The van der Waals surface area contributed by atoms with Crippen LogP contribution in [0, 0.1) is 17.7 Å². The van der Waals surface area contributed by atoms with Crippen LogP contribution in [0.2, 0.25) is 0 Å². The number of piperidine rings is 1. The fourth-order valence-electron chi connectivity index (χ4n) is 4.26. The SMILES string of the molecule is Fc1ccc(NC2[C@@H]3CC[C@H]2CN(Cc2ccccc2)C3)cc1. The van der Waals surface area contributed by atoms with E-state index < -0.39 is 0 Å². The number of benzene rings is 2. The largest absolute Gasteiger partial charge is 0.382 e. The van der Waals surface area contributed by atoms with E-state index in [-0.39, 0.29) is 5.82 Å². The fraction of sp³-hybridized carbons (Fsp3) is 0.400. The van der Waals surface area contributed by atoms with E-state index in [0.29, 0.717) is 17.9 Å². The monoisotopic (exact) mass is 310 g/mol. The highest BCUT2D eigenvalue weighted by atomic mass is 19.1. The quantitative estimate of drug-likeness (QED) is 0.912. The molecule has 0 radical (unpaired) electrons. The van der Waals surface area contributed by atoms with E-state index in [0.717, 1.165) is 25.3 Å². The number of hydrogen-bond donors (Lipinski definition) is 1. The van der Waals surface area contributed by atoms with Gasteiger partial charge in [0.15, 0.2) is 0 Å². The van der Waals surface area contributed by atoms with Crippen molar-refractivity contribution in [2.45, 2.75) is 25.4 Å². The molecular formula is C20H23FN2. The minimum absolute atomic E-state index is 0.170. The normalized spacial score (nSPS) is 27.1. The second-order valence-corrected chi connectivity index (χ2v) is 6.95. The van der Waals surface area contributed by atoms with Crippen molar-refractivity contribution in [2.24, 2.45) is 11.8 Å². The number of fused-ring (bicyclic) bond motifs is 2. The highest BCUT2D eigenvalue weighted by Gasteiger charge is 2.41. The summed E-state index contributed by atoms with van der Waals surface area (Å²) in [6.45, 7) is 3.37. The maximum atomic E-state index is 13.1. The molecule has 1 aliphatic carbocycles. The van der Waals surface area contributed by atoms with Gasteiger partial charge in [-0.2, -0.15) is 0 Å². The highest BCUT2D eigenvalue weighted by molar-refractivity contribution is 5.44. The van der Waals surface area contributed by atoms with Crippen molar-refractivity contribution in [3.8, 4) is 0 Å². The van der Waals surface area contributed by atoms with Crippen molar-refractivity contribution in [1.82, 2.24) is 4.90 Å². The van der Waals surface area contributed by atoms with E-state index >= 15 is 0 Å². The summed E-state index contributed by atoms with van der Waals surface area (Å²) in [4.78, 5) is 2.60. The Morgan fingerprint density at radius 2 is 1.57 bits per heavy atom. The van der Waals surface area contributed by atoms with Crippen molar-refractivity contribution >= 4 is 5.69 Å². The van der Waals surface area contributed by atoms with Gasteiger partial charge >= 0.3 is 0 Å². The fourth-order valence-corrected chi connectivity index (χ4v) is 4.26. The Hall–Kier alpha value is -1.87. The summed E-state index contributed by atoms with van der Waals surface area (Å²) < 4.78 is 13.1. The Kier molecular flexibility index (Phi) is 4.04. The number of halogens is 1. The van der Waals surface area contributed by atoms with Gasteiger partial charge in [0.25, 0.3) is 0 Å². The Morgan fingerprint density at radius 1 is 0.913 bits per heavy atom. The molecule has 2 fully saturated rings. The smallest absolute Gasteiger partial charge is 0.123 e. The predicted molar refractivity (Wildman–Crippen MR) is 91.7 cm³/mol. The van der Waals surface area contributed by atoms with E-state index in [9.17, 15) is 4.39 Å². The molecule has 3 heteroatoms. The Labute approximate surface area is 137 Å². The first-order chi connectivity index (χ1) is 11.3. The molecule has 0 aromatic heterocycles. The molecule has 1 aliphatic heterocycles. The van der Waals surface area contributed by atoms with Gasteiger partial charge in [0.05, 0.1) is 0 Å². The maximum absolute atomic E-state index is 13.1. The van der Waals surface area contributed by atoms with Gasteiger partial charge in [0, 0.05) is 31.4 Å². The van der Waals surface area contributed by atoms with E-state index in [1.165, 1.54) is 30.5 Å². The van der Waals surface area contributed by atoms with Crippen LogP contribution in [-0.2, 0) is 6.54 Å². The molecule has 2 aromatic rings. The average molecular weight is 310 g/mol. The Balaban J connectivity index is 1.41. The van der Waals surface area contributed by atoms with Gasteiger partial charge in [0.2, 0.25) is 0 Å². The number of hydrogen-bond acceptors (Lipinski definition) is 2. The van der Waals surface area contributed by atoms with Gasteiger partial charge in [-0.3, -0.25) is 4.90 Å².